The van der Waals surface area contributed by atoms with E-state index in [1.807, 2.05) is 53.4 Å². The van der Waals surface area contributed by atoms with Crippen LogP contribution in [0.3, 0.4) is 0 Å². The maximum atomic E-state index is 12.5. The Morgan fingerprint density at radius 3 is 2.32 bits per heavy atom. The number of methoxy groups -OCH3 is 1. The smallest absolute Gasteiger partial charge is 0.251 e. The summed E-state index contributed by atoms with van der Waals surface area (Å²) in [7, 11) is 1.65. The first-order valence-corrected chi connectivity index (χ1v) is 12.8. The molecule has 1 N–H and O–H groups in total. The van der Waals surface area contributed by atoms with Crippen molar-refractivity contribution < 1.29 is 19.0 Å². The number of nitrogens with zero attached hydrogens (tertiary/aromatic N) is 4. The molecule has 9 heteroatoms. The first kappa shape index (κ1) is 25.0. The van der Waals surface area contributed by atoms with E-state index >= 15 is 0 Å². The molecule has 1 amide bonds. The van der Waals surface area contributed by atoms with E-state index in [4.69, 9.17) is 14.2 Å². The normalized spacial score (nSPS) is 18.0. The Morgan fingerprint density at radius 1 is 0.973 bits per heavy atom. The summed E-state index contributed by atoms with van der Waals surface area (Å²) < 4.78 is 16.7. The molecule has 1 unspecified atom stereocenters. The van der Waals surface area contributed by atoms with Crippen molar-refractivity contribution in [2.24, 2.45) is 0 Å². The molecule has 2 aromatic carbocycles. The third-order valence-electron chi connectivity index (χ3n) is 6.75. The zero-order valence-corrected chi connectivity index (χ0v) is 21.1. The number of benzene rings is 2. The lowest BCUT2D eigenvalue weighted by Crippen LogP contribution is -2.52. The predicted molar refractivity (Wildman–Crippen MR) is 141 cm³/mol. The zero-order chi connectivity index (χ0) is 25.5. The summed E-state index contributed by atoms with van der Waals surface area (Å²) in [5.41, 5.74) is 2.85. The van der Waals surface area contributed by atoms with Gasteiger partial charge in [-0.25, -0.2) is 9.97 Å². The van der Waals surface area contributed by atoms with Gasteiger partial charge in [-0.15, -0.1) is 0 Å². The van der Waals surface area contributed by atoms with Crippen LogP contribution in [0.1, 0.15) is 12.8 Å². The molecule has 5 rings (SSSR count). The molecule has 2 aliphatic rings. The maximum absolute atomic E-state index is 12.5. The van der Waals surface area contributed by atoms with Crippen LogP contribution >= 0.6 is 0 Å². The molecule has 3 aromatic rings. The molecule has 3 heterocycles. The molecule has 1 atom stereocenters. The molecule has 2 saturated heterocycles. The lowest BCUT2D eigenvalue weighted by Gasteiger charge is -2.35. The minimum atomic E-state index is -0.224. The highest BCUT2D eigenvalue weighted by atomic mass is 16.5. The van der Waals surface area contributed by atoms with Gasteiger partial charge in [0.2, 0.25) is 5.95 Å². The van der Waals surface area contributed by atoms with Crippen molar-refractivity contribution in [2.45, 2.75) is 18.9 Å². The monoisotopic (exact) mass is 503 g/mol. The summed E-state index contributed by atoms with van der Waals surface area (Å²) in [6.07, 6.45) is 5.21. The number of carbonyl (C=O) groups excluding carboxylic acids is 1. The molecule has 0 spiro atoms. The van der Waals surface area contributed by atoms with Crippen LogP contribution in [0, 0.1) is 0 Å². The van der Waals surface area contributed by atoms with Crippen LogP contribution in [-0.4, -0.2) is 84.8 Å². The van der Waals surface area contributed by atoms with Gasteiger partial charge < -0.3 is 24.4 Å². The third-order valence-corrected chi connectivity index (χ3v) is 6.75. The Hall–Kier alpha value is -3.69. The van der Waals surface area contributed by atoms with Crippen molar-refractivity contribution in [3.63, 3.8) is 0 Å². The highest BCUT2D eigenvalue weighted by molar-refractivity contribution is 5.81. The summed E-state index contributed by atoms with van der Waals surface area (Å²) in [5, 5.41) is 3.22. The largest absolute Gasteiger partial charge is 0.497 e. The molecule has 37 heavy (non-hydrogen) atoms. The Morgan fingerprint density at radius 2 is 1.68 bits per heavy atom. The number of hydrogen-bond acceptors (Lipinski definition) is 8. The Bertz CT molecular complexity index is 1140. The SMILES string of the molecule is COc1ccc(-c2cnc(Nc3ccc(OCCN4CCN(C(=O)C5CCCO5)CC4)cc3)nc2)cc1. The van der Waals surface area contributed by atoms with Crippen LogP contribution in [0.15, 0.2) is 60.9 Å². The lowest BCUT2D eigenvalue weighted by atomic mass is 10.1. The molecule has 194 valence electrons. The minimum Gasteiger partial charge on any atom is -0.497 e. The Balaban J connectivity index is 1.04. The van der Waals surface area contributed by atoms with Gasteiger partial charge in [-0.3, -0.25) is 9.69 Å². The summed E-state index contributed by atoms with van der Waals surface area (Å²) in [5.74, 6) is 2.31. The quantitative estimate of drug-likeness (QED) is 0.474. The molecule has 9 nitrogen and oxygen atoms in total. The standard InChI is InChI=1S/C28H33N5O4/c1-35-24-8-4-21(5-9-24)22-19-29-28(30-20-22)31-23-6-10-25(11-7-23)36-18-16-32-12-14-33(15-13-32)27(34)26-3-2-17-37-26/h4-11,19-20,26H,2-3,12-18H2,1H3,(H,29,30,31). The van der Waals surface area contributed by atoms with Gasteiger partial charge in [0.1, 0.15) is 24.2 Å². The fourth-order valence-electron chi connectivity index (χ4n) is 4.55. The molecule has 0 saturated carbocycles. The van der Waals surface area contributed by atoms with Crippen LogP contribution in [0.25, 0.3) is 11.1 Å². The number of amides is 1. The second kappa shape index (κ2) is 12.0. The molecular weight excluding hydrogens is 470 g/mol. The van der Waals surface area contributed by atoms with E-state index in [1.165, 1.54) is 0 Å². The van der Waals surface area contributed by atoms with Crippen LogP contribution in [-0.2, 0) is 9.53 Å². The van der Waals surface area contributed by atoms with Gasteiger partial charge in [0.25, 0.3) is 5.91 Å². The summed E-state index contributed by atoms with van der Waals surface area (Å²) in [4.78, 5) is 25.6. The van der Waals surface area contributed by atoms with E-state index in [2.05, 4.69) is 20.2 Å². The second-order valence-electron chi connectivity index (χ2n) is 9.19. The van der Waals surface area contributed by atoms with E-state index in [0.29, 0.717) is 19.2 Å². The average molecular weight is 504 g/mol. The van der Waals surface area contributed by atoms with E-state index in [0.717, 1.165) is 73.9 Å². The maximum Gasteiger partial charge on any atom is 0.251 e. The molecular formula is C28H33N5O4. The third kappa shape index (κ3) is 6.55. The number of rotatable bonds is 9. The van der Waals surface area contributed by atoms with Crippen LogP contribution in [0.4, 0.5) is 11.6 Å². The number of aromatic nitrogens is 2. The van der Waals surface area contributed by atoms with Crippen LogP contribution in [0.5, 0.6) is 11.5 Å². The number of nitrogens with one attached hydrogen (secondary N) is 1. The van der Waals surface area contributed by atoms with Crippen molar-refractivity contribution in [3.8, 4) is 22.6 Å². The predicted octanol–water partition coefficient (Wildman–Crippen LogP) is 3.60. The zero-order valence-electron chi connectivity index (χ0n) is 21.1. The topological polar surface area (TPSA) is 89.1 Å². The van der Waals surface area contributed by atoms with Gasteiger partial charge in [0.15, 0.2) is 0 Å². The lowest BCUT2D eigenvalue weighted by molar-refractivity contribution is -0.142. The van der Waals surface area contributed by atoms with E-state index in [9.17, 15) is 4.79 Å². The second-order valence-corrected chi connectivity index (χ2v) is 9.19. The van der Waals surface area contributed by atoms with Gasteiger partial charge in [-0.2, -0.15) is 0 Å². The molecule has 2 fully saturated rings. The van der Waals surface area contributed by atoms with Gasteiger partial charge in [0, 0.05) is 63.0 Å². The number of carbonyl (C=O) groups is 1. The molecule has 2 aliphatic heterocycles. The minimum absolute atomic E-state index is 0.153. The summed E-state index contributed by atoms with van der Waals surface area (Å²) >= 11 is 0. The first-order valence-electron chi connectivity index (χ1n) is 12.8. The fraction of sp³-hybridized carbons (Fsp3) is 0.393. The van der Waals surface area contributed by atoms with E-state index in [1.54, 1.807) is 19.5 Å². The summed E-state index contributed by atoms with van der Waals surface area (Å²) in [6, 6.07) is 15.6. The average Bonchev–Trinajstić information content (AvgIpc) is 3.50. The van der Waals surface area contributed by atoms with Crippen molar-refractivity contribution in [2.75, 3.05) is 58.4 Å². The van der Waals surface area contributed by atoms with Crippen LogP contribution in [0.2, 0.25) is 0 Å². The van der Waals surface area contributed by atoms with Crippen molar-refractivity contribution in [3.05, 3.63) is 60.9 Å². The Labute approximate surface area is 217 Å². The number of anilines is 2. The van der Waals surface area contributed by atoms with Gasteiger partial charge in [-0.05, 0) is 54.8 Å². The molecule has 0 radical (unpaired) electrons. The Kier molecular flexibility index (Phi) is 8.12. The van der Waals surface area contributed by atoms with Crippen molar-refractivity contribution in [1.82, 2.24) is 19.8 Å². The van der Waals surface area contributed by atoms with Crippen LogP contribution < -0.4 is 14.8 Å². The van der Waals surface area contributed by atoms with Crippen molar-refractivity contribution >= 4 is 17.5 Å². The number of piperazine rings is 1. The first-order chi connectivity index (χ1) is 18.2. The number of hydrogen-bond donors (Lipinski definition) is 1. The van der Waals surface area contributed by atoms with E-state index < -0.39 is 0 Å². The van der Waals surface area contributed by atoms with Gasteiger partial charge in [0.05, 0.1) is 7.11 Å². The number of ether oxygens (including phenoxy) is 3. The molecule has 0 bridgehead atoms. The summed E-state index contributed by atoms with van der Waals surface area (Å²) in [6.45, 7) is 5.37. The highest BCUT2D eigenvalue weighted by Gasteiger charge is 2.30. The molecule has 1 aromatic heterocycles. The van der Waals surface area contributed by atoms with Crippen molar-refractivity contribution in [1.29, 1.82) is 0 Å². The van der Waals surface area contributed by atoms with Gasteiger partial charge in [-0.1, -0.05) is 12.1 Å². The van der Waals surface area contributed by atoms with E-state index in [-0.39, 0.29) is 12.0 Å². The fourth-order valence-corrected chi connectivity index (χ4v) is 4.55. The highest BCUT2D eigenvalue weighted by Crippen LogP contribution is 2.23. The molecule has 0 aliphatic carbocycles. The van der Waals surface area contributed by atoms with Gasteiger partial charge >= 0.3 is 0 Å².